The zero-order valence-corrected chi connectivity index (χ0v) is 13.9. The lowest BCUT2D eigenvalue weighted by Crippen LogP contribution is -2.35. The van der Waals surface area contributed by atoms with Gasteiger partial charge in [-0.3, -0.25) is 9.59 Å². The summed E-state index contributed by atoms with van der Waals surface area (Å²) in [6.45, 7) is 3.93. The Morgan fingerprint density at radius 2 is 1.87 bits per heavy atom. The first-order valence-electron chi connectivity index (χ1n) is 7.39. The number of nitrogens with one attached hydrogen (secondary N) is 2. The van der Waals surface area contributed by atoms with Crippen molar-refractivity contribution in [1.82, 2.24) is 5.32 Å². The van der Waals surface area contributed by atoms with Crippen molar-refractivity contribution in [3.8, 4) is 0 Å². The van der Waals surface area contributed by atoms with E-state index in [1.54, 1.807) is 36.4 Å². The molecular weight excluding hydrogens is 312 g/mol. The maximum atomic E-state index is 12.3. The summed E-state index contributed by atoms with van der Waals surface area (Å²) in [6.07, 6.45) is -0.605. The smallest absolute Gasteiger partial charge is 0.265 e. The molecule has 1 aromatic carbocycles. The lowest BCUT2D eigenvalue weighted by Gasteiger charge is -2.16. The predicted molar refractivity (Wildman–Crippen MR) is 91.9 cm³/mol. The summed E-state index contributed by atoms with van der Waals surface area (Å²) in [6, 6.07) is 10.3. The minimum atomic E-state index is -0.605. The molecule has 3 N–H and O–H groups in total. The molecule has 5 nitrogen and oxygen atoms in total. The molecule has 0 fully saturated rings. The molecule has 0 bridgehead atoms. The number of aliphatic hydroxyl groups is 1. The van der Waals surface area contributed by atoms with Gasteiger partial charge in [-0.15, -0.1) is 11.3 Å². The highest BCUT2D eigenvalue weighted by molar-refractivity contribution is 7.12. The van der Waals surface area contributed by atoms with E-state index in [4.69, 9.17) is 0 Å². The van der Waals surface area contributed by atoms with Gasteiger partial charge in [0.05, 0.1) is 22.2 Å². The number of para-hydroxylation sites is 1. The van der Waals surface area contributed by atoms with Gasteiger partial charge in [-0.25, -0.2) is 0 Å². The number of carbonyl (C=O) groups excluding carboxylic acids is 2. The number of hydrogen-bond donors (Lipinski definition) is 3. The number of benzene rings is 1. The van der Waals surface area contributed by atoms with E-state index in [-0.39, 0.29) is 24.3 Å². The van der Waals surface area contributed by atoms with Crippen molar-refractivity contribution in [3.63, 3.8) is 0 Å². The highest BCUT2D eigenvalue weighted by atomic mass is 32.1. The summed E-state index contributed by atoms with van der Waals surface area (Å²) in [4.78, 5) is 25.0. The van der Waals surface area contributed by atoms with Gasteiger partial charge >= 0.3 is 0 Å². The molecule has 0 saturated heterocycles. The van der Waals surface area contributed by atoms with Crippen LogP contribution in [0.15, 0.2) is 41.8 Å². The molecule has 23 heavy (non-hydrogen) atoms. The minimum Gasteiger partial charge on any atom is -0.391 e. The van der Waals surface area contributed by atoms with Crippen molar-refractivity contribution < 1.29 is 14.7 Å². The first kappa shape index (κ1) is 17.2. The zero-order valence-electron chi connectivity index (χ0n) is 13.1. The molecule has 2 aromatic rings. The molecule has 0 aliphatic carbocycles. The summed E-state index contributed by atoms with van der Waals surface area (Å²) in [5.74, 6) is -0.515. The van der Waals surface area contributed by atoms with Gasteiger partial charge in [0.15, 0.2) is 0 Å². The summed E-state index contributed by atoms with van der Waals surface area (Å²) in [7, 11) is 0. The number of thiophene rings is 1. The molecule has 0 spiro atoms. The fourth-order valence-electron chi connectivity index (χ4n) is 1.91. The second kappa shape index (κ2) is 7.89. The molecule has 0 aliphatic rings. The van der Waals surface area contributed by atoms with Crippen LogP contribution in [0.2, 0.25) is 0 Å². The molecule has 1 aromatic heterocycles. The second-order valence-electron chi connectivity index (χ2n) is 5.50. The van der Waals surface area contributed by atoms with Gasteiger partial charge in [-0.2, -0.15) is 0 Å². The van der Waals surface area contributed by atoms with Crippen molar-refractivity contribution in [2.24, 2.45) is 5.92 Å². The summed E-state index contributed by atoms with van der Waals surface area (Å²) in [5.41, 5.74) is 0.816. The Labute approximate surface area is 139 Å². The van der Waals surface area contributed by atoms with Gasteiger partial charge < -0.3 is 15.7 Å². The normalized spacial score (nSPS) is 12.0. The fraction of sp³-hybridized carbons (Fsp3) is 0.294. The Kier molecular flexibility index (Phi) is 5.90. The van der Waals surface area contributed by atoms with Crippen molar-refractivity contribution in [2.75, 3.05) is 11.9 Å². The van der Waals surface area contributed by atoms with Gasteiger partial charge in [-0.1, -0.05) is 32.0 Å². The average Bonchev–Trinajstić information content (AvgIpc) is 3.07. The van der Waals surface area contributed by atoms with Crippen LogP contribution in [0.1, 0.15) is 33.9 Å². The van der Waals surface area contributed by atoms with E-state index in [1.807, 2.05) is 19.2 Å². The summed E-state index contributed by atoms with van der Waals surface area (Å²) < 4.78 is 0. The molecular formula is C17H20N2O3S. The first-order chi connectivity index (χ1) is 11.0. The molecule has 6 heteroatoms. The number of hydrogen-bond acceptors (Lipinski definition) is 4. The molecule has 1 unspecified atom stereocenters. The van der Waals surface area contributed by atoms with E-state index in [9.17, 15) is 14.7 Å². The van der Waals surface area contributed by atoms with Crippen LogP contribution in [0.4, 0.5) is 5.69 Å². The van der Waals surface area contributed by atoms with Crippen LogP contribution >= 0.6 is 11.3 Å². The lowest BCUT2D eigenvalue weighted by atomic mass is 10.1. The van der Waals surface area contributed by atoms with Gasteiger partial charge in [0.2, 0.25) is 0 Å². The van der Waals surface area contributed by atoms with E-state index in [1.165, 1.54) is 11.3 Å². The SMILES string of the molecule is CC(C)C(O)CNC(=O)c1ccccc1NC(=O)c1cccs1. The maximum Gasteiger partial charge on any atom is 0.265 e. The Balaban J connectivity index is 2.08. The van der Waals surface area contributed by atoms with Crippen LogP contribution in [-0.2, 0) is 0 Å². The largest absolute Gasteiger partial charge is 0.391 e. The van der Waals surface area contributed by atoms with Crippen LogP contribution in [0.3, 0.4) is 0 Å². The maximum absolute atomic E-state index is 12.3. The second-order valence-corrected chi connectivity index (χ2v) is 6.45. The molecule has 1 heterocycles. The van der Waals surface area contributed by atoms with Crippen molar-refractivity contribution >= 4 is 28.8 Å². The predicted octanol–water partition coefficient (Wildman–Crippen LogP) is 2.75. The number of aliphatic hydroxyl groups excluding tert-OH is 1. The Hall–Kier alpha value is -2.18. The molecule has 0 radical (unpaired) electrons. The molecule has 122 valence electrons. The zero-order chi connectivity index (χ0) is 16.8. The first-order valence-corrected chi connectivity index (χ1v) is 8.27. The lowest BCUT2D eigenvalue weighted by molar-refractivity contribution is 0.0872. The van der Waals surface area contributed by atoms with Crippen molar-refractivity contribution in [3.05, 3.63) is 52.2 Å². The van der Waals surface area contributed by atoms with Gasteiger partial charge in [0, 0.05) is 6.54 Å². The van der Waals surface area contributed by atoms with Gasteiger partial charge in [-0.05, 0) is 29.5 Å². The quantitative estimate of drug-likeness (QED) is 0.761. The van der Waals surface area contributed by atoms with E-state index < -0.39 is 6.10 Å². The molecule has 1 atom stereocenters. The highest BCUT2D eigenvalue weighted by Gasteiger charge is 2.16. The van der Waals surface area contributed by atoms with Crippen LogP contribution in [-0.4, -0.2) is 29.6 Å². The average molecular weight is 332 g/mol. The number of amides is 2. The van der Waals surface area contributed by atoms with E-state index in [0.717, 1.165) is 0 Å². The Morgan fingerprint density at radius 3 is 2.52 bits per heavy atom. The Bertz CT molecular complexity index is 668. The number of rotatable bonds is 6. The van der Waals surface area contributed by atoms with Gasteiger partial charge in [0.1, 0.15) is 0 Å². The number of anilines is 1. The van der Waals surface area contributed by atoms with Crippen LogP contribution in [0.5, 0.6) is 0 Å². The molecule has 2 amide bonds. The van der Waals surface area contributed by atoms with Crippen LogP contribution in [0.25, 0.3) is 0 Å². The third kappa shape index (κ3) is 4.64. The van der Waals surface area contributed by atoms with E-state index >= 15 is 0 Å². The molecule has 2 rings (SSSR count). The number of carbonyl (C=O) groups is 2. The van der Waals surface area contributed by atoms with Gasteiger partial charge in [0.25, 0.3) is 11.8 Å². The third-order valence-electron chi connectivity index (χ3n) is 3.41. The Morgan fingerprint density at radius 1 is 1.13 bits per heavy atom. The minimum absolute atomic E-state index is 0.0593. The molecule has 0 saturated carbocycles. The monoisotopic (exact) mass is 332 g/mol. The van der Waals surface area contributed by atoms with Crippen LogP contribution in [0, 0.1) is 5.92 Å². The topological polar surface area (TPSA) is 78.4 Å². The van der Waals surface area contributed by atoms with E-state index in [0.29, 0.717) is 16.1 Å². The third-order valence-corrected chi connectivity index (χ3v) is 4.27. The standard InChI is InChI=1S/C17H20N2O3S/c1-11(2)14(20)10-18-16(21)12-6-3-4-7-13(12)19-17(22)15-8-5-9-23-15/h3-9,11,14,20H,10H2,1-2H3,(H,18,21)(H,19,22). The highest BCUT2D eigenvalue weighted by Crippen LogP contribution is 2.18. The van der Waals surface area contributed by atoms with Crippen LogP contribution < -0.4 is 10.6 Å². The summed E-state index contributed by atoms with van der Waals surface area (Å²) >= 11 is 1.34. The fourth-order valence-corrected chi connectivity index (χ4v) is 2.53. The summed E-state index contributed by atoms with van der Waals surface area (Å²) in [5, 5.41) is 17.0. The van der Waals surface area contributed by atoms with E-state index in [2.05, 4.69) is 10.6 Å². The molecule has 0 aliphatic heterocycles. The van der Waals surface area contributed by atoms with Crippen molar-refractivity contribution in [1.29, 1.82) is 0 Å². The van der Waals surface area contributed by atoms with Crippen molar-refractivity contribution in [2.45, 2.75) is 20.0 Å².